The number of hydrogen-bond donors (Lipinski definition) is 3. The van der Waals surface area contributed by atoms with Gasteiger partial charge in [0.1, 0.15) is 0 Å². The third-order valence-corrected chi connectivity index (χ3v) is 5.08. The van der Waals surface area contributed by atoms with Gasteiger partial charge in [-0.25, -0.2) is 4.79 Å². The first-order valence-corrected chi connectivity index (χ1v) is 9.58. The van der Waals surface area contributed by atoms with Gasteiger partial charge in [0.25, 0.3) is 5.91 Å². The van der Waals surface area contributed by atoms with Gasteiger partial charge >= 0.3 is 6.03 Å². The Morgan fingerprint density at radius 3 is 2.22 bits per heavy atom. The maximum absolute atomic E-state index is 12.6. The van der Waals surface area contributed by atoms with Gasteiger partial charge in [-0.1, -0.05) is 61.4 Å². The Hall–Kier alpha value is -2.82. The minimum atomic E-state index is -0.194. The molecule has 27 heavy (non-hydrogen) atoms. The van der Waals surface area contributed by atoms with Crippen molar-refractivity contribution in [3.8, 4) is 0 Å². The lowest BCUT2D eigenvalue weighted by Crippen LogP contribution is -2.55. The molecule has 2 atom stereocenters. The highest BCUT2D eigenvalue weighted by Crippen LogP contribution is 2.19. The minimum Gasteiger partial charge on any atom is -0.347 e. The molecule has 2 unspecified atom stereocenters. The fourth-order valence-corrected chi connectivity index (χ4v) is 3.55. The first kappa shape index (κ1) is 19.0. The van der Waals surface area contributed by atoms with Crippen molar-refractivity contribution in [1.82, 2.24) is 16.0 Å². The molecule has 142 valence electrons. The summed E-state index contributed by atoms with van der Waals surface area (Å²) in [7, 11) is 0. The van der Waals surface area contributed by atoms with Crippen LogP contribution in [0.4, 0.5) is 4.79 Å². The van der Waals surface area contributed by atoms with Crippen LogP contribution >= 0.6 is 0 Å². The second-order valence-electron chi connectivity index (χ2n) is 7.10. The Labute approximate surface area is 160 Å². The first-order chi connectivity index (χ1) is 13.1. The van der Waals surface area contributed by atoms with Crippen LogP contribution in [-0.2, 0) is 6.54 Å². The van der Waals surface area contributed by atoms with E-state index in [0.29, 0.717) is 12.1 Å². The summed E-state index contributed by atoms with van der Waals surface area (Å²) < 4.78 is 0. The monoisotopic (exact) mass is 365 g/mol. The highest BCUT2D eigenvalue weighted by Gasteiger charge is 2.28. The summed E-state index contributed by atoms with van der Waals surface area (Å²) in [5.41, 5.74) is 2.70. The Morgan fingerprint density at radius 2 is 1.52 bits per heavy atom. The number of urea groups is 1. The van der Waals surface area contributed by atoms with Crippen molar-refractivity contribution in [3.63, 3.8) is 0 Å². The second kappa shape index (κ2) is 9.21. The van der Waals surface area contributed by atoms with Crippen molar-refractivity contribution >= 4 is 11.9 Å². The fraction of sp³-hybridized carbons (Fsp3) is 0.364. The molecule has 5 nitrogen and oxygen atoms in total. The van der Waals surface area contributed by atoms with Crippen molar-refractivity contribution in [3.05, 3.63) is 71.3 Å². The van der Waals surface area contributed by atoms with Crippen molar-refractivity contribution in [2.45, 2.75) is 51.2 Å². The largest absolute Gasteiger partial charge is 0.347 e. The summed E-state index contributed by atoms with van der Waals surface area (Å²) in [6.45, 7) is 2.42. The summed E-state index contributed by atoms with van der Waals surface area (Å²) in [5, 5.41) is 9.07. The number of aryl methyl sites for hydroxylation is 1. The zero-order valence-corrected chi connectivity index (χ0v) is 15.7. The summed E-state index contributed by atoms with van der Waals surface area (Å²) in [6.07, 6.45) is 3.86. The number of carbonyl (C=O) groups excluding carboxylic acids is 2. The Bertz CT molecular complexity index is 776. The van der Waals surface area contributed by atoms with Crippen LogP contribution in [0.25, 0.3) is 0 Å². The number of carbonyl (C=O) groups is 2. The lowest BCUT2D eigenvalue weighted by molar-refractivity contribution is 0.0915. The van der Waals surface area contributed by atoms with E-state index in [4.69, 9.17) is 0 Å². The highest BCUT2D eigenvalue weighted by atomic mass is 16.2. The van der Waals surface area contributed by atoms with Crippen LogP contribution in [-0.4, -0.2) is 24.0 Å². The molecule has 0 spiro atoms. The molecule has 1 fully saturated rings. The van der Waals surface area contributed by atoms with E-state index >= 15 is 0 Å². The molecular weight excluding hydrogens is 338 g/mol. The van der Waals surface area contributed by atoms with Crippen LogP contribution in [0.3, 0.4) is 0 Å². The second-order valence-corrected chi connectivity index (χ2v) is 7.10. The molecule has 1 aliphatic carbocycles. The van der Waals surface area contributed by atoms with Gasteiger partial charge in [-0.15, -0.1) is 0 Å². The third-order valence-electron chi connectivity index (χ3n) is 5.08. The molecule has 3 amide bonds. The van der Waals surface area contributed by atoms with Gasteiger partial charge in [-0.05, 0) is 37.0 Å². The van der Waals surface area contributed by atoms with E-state index in [1.54, 1.807) is 0 Å². The molecule has 0 bridgehead atoms. The van der Waals surface area contributed by atoms with Gasteiger partial charge in [-0.2, -0.15) is 0 Å². The Kier molecular flexibility index (Phi) is 6.47. The number of amides is 3. The highest BCUT2D eigenvalue weighted by molar-refractivity contribution is 5.95. The molecule has 2 aromatic carbocycles. The van der Waals surface area contributed by atoms with E-state index < -0.39 is 0 Å². The SMILES string of the molecule is Cc1ccccc1C(=O)NC1CCCCC1NC(=O)NCc1ccccc1. The van der Waals surface area contributed by atoms with Crippen molar-refractivity contribution in [2.75, 3.05) is 0 Å². The van der Waals surface area contributed by atoms with E-state index in [9.17, 15) is 9.59 Å². The minimum absolute atomic E-state index is 0.0478. The maximum Gasteiger partial charge on any atom is 0.315 e. The maximum atomic E-state index is 12.6. The number of hydrogen-bond acceptors (Lipinski definition) is 2. The average molecular weight is 365 g/mol. The fourth-order valence-electron chi connectivity index (χ4n) is 3.55. The molecule has 2 aromatic rings. The molecule has 3 N–H and O–H groups in total. The van der Waals surface area contributed by atoms with Crippen LogP contribution in [0.2, 0.25) is 0 Å². The summed E-state index contributed by atoms with van der Waals surface area (Å²) >= 11 is 0. The molecule has 0 radical (unpaired) electrons. The normalized spacial score (nSPS) is 19.1. The molecule has 0 heterocycles. The van der Waals surface area contributed by atoms with Crippen LogP contribution in [0.1, 0.15) is 47.2 Å². The summed E-state index contributed by atoms with van der Waals surface area (Å²) in [4.78, 5) is 24.9. The van der Waals surface area contributed by atoms with Crippen LogP contribution in [0.15, 0.2) is 54.6 Å². The predicted molar refractivity (Wildman–Crippen MR) is 107 cm³/mol. The van der Waals surface area contributed by atoms with Crippen molar-refractivity contribution in [1.29, 1.82) is 0 Å². The van der Waals surface area contributed by atoms with Crippen LogP contribution in [0, 0.1) is 6.92 Å². The molecular formula is C22H27N3O2. The van der Waals surface area contributed by atoms with Gasteiger partial charge in [0.15, 0.2) is 0 Å². The predicted octanol–water partition coefficient (Wildman–Crippen LogP) is 3.54. The summed E-state index contributed by atoms with van der Waals surface area (Å²) in [6, 6.07) is 17.1. The number of benzene rings is 2. The molecule has 0 aromatic heterocycles. The molecule has 0 aliphatic heterocycles. The topological polar surface area (TPSA) is 70.2 Å². The van der Waals surface area contributed by atoms with E-state index in [1.807, 2.05) is 61.5 Å². The standard InChI is InChI=1S/C22H27N3O2/c1-16-9-5-6-12-18(16)21(26)24-19-13-7-8-14-20(19)25-22(27)23-15-17-10-3-2-4-11-17/h2-6,9-12,19-20H,7-8,13-15H2,1H3,(H,24,26)(H2,23,25,27). The first-order valence-electron chi connectivity index (χ1n) is 9.58. The van der Waals surface area contributed by atoms with Gasteiger partial charge in [0.05, 0.1) is 6.04 Å². The van der Waals surface area contributed by atoms with Crippen LogP contribution < -0.4 is 16.0 Å². The molecule has 3 rings (SSSR count). The van der Waals surface area contributed by atoms with Crippen molar-refractivity contribution in [2.24, 2.45) is 0 Å². The third kappa shape index (κ3) is 5.33. The van der Waals surface area contributed by atoms with E-state index in [1.165, 1.54) is 0 Å². The molecule has 1 saturated carbocycles. The zero-order valence-electron chi connectivity index (χ0n) is 15.7. The number of rotatable bonds is 5. The average Bonchev–Trinajstić information content (AvgIpc) is 2.69. The molecule has 0 saturated heterocycles. The van der Waals surface area contributed by atoms with Gasteiger partial charge < -0.3 is 16.0 Å². The molecule has 1 aliphatic rings. The Balaban J connectivity index is 1.56. The van der Waals surface area contributed by atoms with Gasteiger partial charge in [0.2, 0.25) is 0 Å². The van der Waals surface area contributed by atoms with Crippen LogP contribution in [0.5, 0.6) is 0 Å². The molecule has 5 heteroatoms. The lowest BCUT2D eigenvalue weighted by atomic mass is 9.90. The number of nitrogens with one attached hydrogen (secondary N) is 3. The van der Waals surface area contributed by atoms with E-state index in [-0.39, 0.29) is 24.0 Å². The quantitative estimate of drug-likeness (QED) is 0.758. The van der Waals surface area contributed by atoms with E-state index in [0.717, 1.165) is 36.8 Å². The zero-order chi connectivity index (χ0) is 19.1. The van der Waals surface area contributed by atoms with Gasteiger partial charge in [-0.3, -0.25) is 4.79 Å². The van der Waals surface area contributed by atoms with Gasteiger partial charge in [0, 0.05) is 18.2 Å². The van der Waals surface area contributed by atoms with E-state index in [2.05, 4.69) is 16.0 Å². The Morgan fingerprint density at radius 1 is 0.889 bits per heavy atom. The van der Waals surface area contributed by atoms with Crippen molar-refractivity contribution < 1.29 is 9.59 Å². The smallest absolute Gasteiger partial charge is 0.315 e. The lowest BCUT2D eigenvalue weighted by Gasteiger charge is -2.33. The summed E-state index contributed by atoms with van der Waals surface area (Å²) in [5.74, 6) is -0.0727.